The van der Waals surface area contributed by atoms with Crippen LogP contribution in [0.15, 0.2) is 59.4 Å². The van der Waals surface area contributed by atoms with Crippen LogP contribution in [-0.4, -0.2) is 36.5 Å². The van der Waals surface area contributed by atoms with Crippen LogP contribution in [0.4, 0.5) is 5.69 Å². The van der Waals surface area contributed by atoms with E-state index in [9.17, 15) is 9.59 Å². The highest BCUT2D eigenvalue weighted by Gasteiger charge is 2.13. The standard InChI is InChI=1S/C22H23N3O5/c1-4-30-16-7-5-15(6-8-16)23-21(26)14-25-22(27)12-10-19(24-25)18-13-17(28-2)9-11-20(18)29-3/h5-13H,4,14H2,1-3H3,(H,23,26). The predicted molar refractivity (Wildman–Crippen MR) is 113 cm³/mol. The maximum atomic E-state index is 12.4. The highest BCUT2D eigenvalue weighted by Crippen LogP contribution is 2.31. The van der Waals surface area contributed by atoms with Crippen LogP contribution >= 0.6 is 0 Å². The zero-order chi connectivity index (χ0) is 21.5. The largest absolute Gasteiger partial charge is 0.497 e. The van der Waals surface area contributed by atoms with Crippen LogP contribution in [0, 0.1) is 0 Å². The molecule has 3 rings (SSSR count). The number of carbonyl (C=O) groups is 1. The van der Waals surface area contributed by atoms with Gasteiger partial charge in [-0.25, -0.2) is 4.68 Å². The summed E-state index contributed by atoms with van der Waals surface area (Å²) in [5.74, 6) is 1.54. The highest BCUT2D eigenvalue weighted by molar-refractivity contribution is 5.90. The molecule has 8 nitrogen and oxygen atoms in total. The first-order valence-corrected chi connectivity index (χ1v) is 9.37. The number of carbonyl (C=O) groups excluding carboxylic acids is 1. The number of hydrogen-bond donors (Lipinski definition) is 1. The van der Waals surface area contributed by atoms with E-state index in [1.54, 1.807) is 62.8 Å². The first kappa shape index (κ1) is 20.9. The minimum absolute atomic E-state index is 0.230. The van der Waals surface area contributed by atoms with Gasteiger partial charge in [-0.15, -0.1) is 0 Å². The van der Waals surface area contributed by atoms with Gasteiger partial charge in [-0.05, 0) is 55.5 Å². The summed E-state index contributed by atoms with van der Waals surface area (Å²) in [6, 6.07) is 15.2. The summed E-state index contributed by atoms with van der Waals surface area (Å²) in [7, 11) is 3.11. The van der Waals surface area contributed by atoms with Crippen LogP contribution in [0.3, 0.4) is 0 Å². The summed E-state index contributed by atoms with van der Waals surface area (Å²) in [6.45, 7) is 2.23. The quantitative estimate of drug-likeness (QED) is 0.615. The average Bonchev–Trinajstić information content (AvgIpc) is 2.76. The number of ether oxygens (including phenoxy) is 3. The van der Waals surface area contributed by atoms with Crippen LogP contribution in [0.1, 0.15) is 6.92 Å². The van der Waals surface area contributed by atoms with Crippen molar-refractivity contribution in [3.05, 3.63) is 65.0 Å². The lowest BCUT2D eigenvalue weighted by atomic mass is 10.1. The van der Waals surface area contributed by atoms with E-state index >= 15 is 0 Å². The molecule has 0 radical (unpaired) electrons. The van der Waals surface area contributed by atoms with Crippen molar-refractivity contribution in [3.63, 3.8) is 0 Å². The minimum atomic E-state index is -0.387. The van der Waals surface area contributed by atoms with Crippen molar-refractivity contribution >= 4 is 11.6 Å². The van der Waals surface area contributed by atoms with Crippen LogP contribution in [0.25, 0.3) is 11.3 Å². The van der Waals surface area contributed by atoms with Gasteiger partial charge in [-0.1, -0.05) is 0 Å². The Morgan fingerprint density at radius 1 is 1.00 bits per heavy atom. The molecule has 0 aliphatic carbocycles. The molecule has 30 heavy (non-hydrogen) atoms. The normalized spacial score (nSPS) is 10.4. The number of rotatable bonds is 8. The maximum Gasteiger partial charge on any atom is 0.267 e. The molecule has 8 heteroatoms. The van der Waals surface area contributed by atoms with Gasteiger partial charge in [0.05, 0.1) is 26.5 Å². The molecule has 156 valence electrons. The van der Waals surface area contributed by atoms with E-state index in [1.165, 1.54) is 6.07 Å². The van der Waals surface area contributed by atoms with Gasteiger partial charge in [-0.2, -0.15) is 5.10 Å². The number of aromatic nitrogens is 2. The molecule has 0 bridgehead atoms. The molecule has 1 N–H and O–H groups in total. The summed E-state index contributed by atoms with van der Waals surface area (Å²) >= 11 is 0. The third-order valence-electron chi connectivity index (χ3n) is 4.29. The van der Waals surface area contributed by atoms with E-state index in [1.807, 2.05) is 6.92 Å². The molecule has 1 amide bonds. The van der Waals surface area contributed by atoms with Crippen molar-refractivity contribution in [2.24, 2.45) is 0 Å². The monoisotopic (exact) mass is 409 g/mol. The number of methoxy groups -OCH3 is 2. The molecule has 0 aliphatic rings. The Bertz CT molecular complexity index is 1080. The average molecular weight is 409 g/mol. The predicted octanol–water partition coefficient (Wildman–Crippen LogP) is 2.96. The molecular weight excluding hydrogens is 386 g/mol. The van der Waals surface area contributed by atoms with Crippen LogP contribution in [0.5, 0.6) is 17.2 Å². The lowest BCUT2D eigenvalue weighted by molar-refractivity contribution is -0.117. The second kappa shape index (κ2) is 9.60. The topological polar surface area (TPSA) is 91.7 Å². The van der Waals surface area contributed by atoms with Gasteiger partial charge >= 0.3 is 0 Å². The van der Waals surface area contributed by atoms with E-state index in [0.717, 1.165) is 4.68 Å². The van der Waals surface area contributed by atoms with Crippen molar-refractivity contribution in [2.75, 3.05) is 26.1 Å². The van der Waals surface area contributed by atoms with Crippen molar-refractivity contribution in [1.82, 2.24) is 9.78 Å². The summed E-state index contributed by atoms with van der Waals surface area (Å²) in [6.07, 6.45) is 0. The third-order valence-corrected chi connectivity index (χ3v) is 4.29. The van der Waals surface area contributed by atoms with Gasteiger partial charge in [0.15, 0.2) is 0 Å². The molecule has 0 aliphatic heterocycles. The fourth-order valence-corrected chi connectivity index (χ4v) is 2.86. The first-order chi connectivity index (χ1) is 14.5. The van der Waals surface area contributed by atoms with E-state index in [0.29, 0.717) is 40.8 Å². The fraction of sp³-hybridized carbons (Fsp3) is 0.227. The Morgan fingerprint density at radius 2 is 1.73 bits per heavy atom. The van der Waals surface area contributed by atoms with Crippen molar-refractivity contribution < 1.29 is 19.0 Å². The van der Waals surface area contributed by atoms with E-state index in [4.69, 9.17) is 14.2 Å². The lowest BCUT2D eigenvalue weighted by Crippen LogP contribution is -2.29. The molecule has 2 aromatic carbocycles. The second-order valence-electron chi connectivity index (χ2n) is 6.29. The van der Waals surface area contributed by atoms with Crippen LogP contribution in [0.2, 0.25) is 0 Å². The Labute approximate surface area is 174 Å². The molecule has 0 fully saturated rings. The van der Waals surface area contributed by atoms with E-state index in [2.05, 4.69) is 10.4 Å². The molecule has 0 spiro atoms. The number of hydrogen-bond acceptors (Lipinski definition) is 6. The molecular formula is C22H23N3O5. The van der Waals surface area contributed by atoms with Gasteiger partial charge in [0.1, 0.15) is 23.8 Å². The van der Waals surface area contributed by atoms with Crippen molar-refractivity contribution in [1.29, 1.82) is 0 Å². The number of anilines is 1. The van der Waals surface area contributed by atoms with Crippen molar-refractivity contribution in [2.45, 2.75) is 13.5 Å². The SMILES string of the molecule is CCOc1ccc(NC(=O)Cn2nc(-c3cc(OC)ccc3OC)ccc2=O)cc1. The number of amides is 1. The molecule has 0 atom stereocenters. The minimum Gasteiger partial charge on any atom is -0.497 e. The van der Waals surface area contributed by atoms with Gasteiger partial charge in [0.2, 0.25) is 5.91 Å². The van der Waals surface area contributed by atoms with Crippen molar-refractivity contribution in [3.8, 4) is 28.5 Å². The Kier molecular flexibility index (Phi) is 6.69. The Balaban J connectivity index is 1.80. The van der Waals surface area contributed by atoms with Gasteiger partial charge < -0.3 is 19.5 Å². The second-order valence-corrected chi connectivity index (χ2v) is 6.29. The molecule has 1 heterocycles. The molecule has 0 saturated carbocycles. The number of nitrogens with zero attached hydrogens (tertiary/aromatic N) is 2. The summed E-state index contributed by atoms with van der Waals surface area (Å²) in [4.78, 5) is 24.7. The van der Waals surface area contributed by atoms with E-state index < -0.39 is 0 Å². The Morgan fingerprint density at radius 3 is 2.40 bits per heavy atom. The lowest BCUT2D eigenvalue weighted by Gasteiger charge is -2.12. The van der Waals surface area contributed by atoms with Gasteiger partial charge in [0.25, 0.3) is 5.56 Å². The number of nitrogens with one attached hydrogen (secondary N) is 1. The van der Waals surface area contributed by atoms with E-state index in [-0.39, 0.29) is 18.0 Å². The molecule has 3 aromatic rings. The summed E-state index contributed by atoms with van der Waals surface area (Å²) in [5, 5.41) is 7.08. The van der Waals surface area contributed by atoms with Crippen LogP contribution in [-0.2, 0) is 11.3 Å². The smallest absolute Gasteiger partial charge is 0.267 e. The van der Waals surface area contributed by atoms with Gasteiger partial charge in [-0.3, -0.25) is 9.59 Å². The molecule has 0 unspecified atom stereocenters. The Hall–Kier alpha value is -3.81. The van der Waals surface area contributed by atoms with Gasteiger partial charge in [0, 0.05) is 17.3 Å². The highest BCUT2D eigenvalue weighted by atomic mass is 16.5. The van der Waals surface area contributed by atoms with Crippen LogP contribution < -0.4 is 25.1 Å². The molecule has 1 aromatic heterocycles. The fourth-order valence-electron chi connectivity index (χ4n) is 2.86. The number of benzene rings is 2. The molecule has 0 saturated heterocycles. The summed E-state index contributed by atoms with van der Waals surface area (Å²) < 4.78 is 17.1. The third kappa shape index (κ3) is 4.96. The summed E-state index contributed by atoms with van der Waals surface area (Å²) in [5.41, 5.74) is 1.35. The zero-order valence-corrected chi connectivity index (χ0v) is 17.0. The zero-order valence-electron chi connectivity index (χ0n) is 17.0. The first-order valence-electron chi connectivity index (χ1n) is 9.37. The maximum absolute atomic E-state index is 12.4.